The number of hydrogen-bond donors (Lipinski definition) is 1. The number of hydrogen-bond acceptors (Lipinski definition) is 3. The minimum Gasteiger partial charge on any atom is -0.353 e. The van der Waals surface area contributed by atoms with Crippen LogP contribution in [0.25, 0.3) is 0 Å². The smallest absolute Gasteiger partial charge is 0.243 e. The molecule has 6 heteroatoms. The first kappa shape index (κ1) is 17.4. The van der Waals surface area contributed by atoms with E-state index < -0.39 is 10.0 Å². The minimum atomic E-state index is -3.43. The second-order valence-corrected chi connectivity index (χ2v) is 8.88. The van der Waals surface area contributed by atoms with Crippen LogP contribution in [0.5, 0.6) is 0 Å². The van der Waals surface area contributed by atoms with Gasteiger partial charge in [0.1, 0.15) is 0 Å². The number of carbonyl (C=O) groups is 1. The molecule has 0 unspecified atom stereocenters. The lowest BCUT2D eigenvalue weighted by molar-refractivity contribution is -0.122. The van der Waals surface area contributed by atoms with Gasteiger partial charge in [-0.1, -0.05) is 31.5 Å². The molecule has 5 nitrogen and oxygen atoms in total. The number of rotatable bonds is 6. The molecule has 2 aliphatic rings. The number of benzene rings is 1. The molecule has 1 aliphatic carbocycles. The van der Waals surface area contributed by atoms with E-state index in [4.69, 9.17) is 0 Å². The summed E-state index contributed by atoms with van der Waals surface area (Å²) in [5.74, 6) is 0.637. The summed E-state index contributed by atoms with van der Waals surface area (Å²) in [6.45, 7) is 3.08. The molecule has 0 radical (unpaired) electrons. The molecule has 2 fully saturated rings. The summed E-state index contributed by atoms with van der Waals surface area (Å²) < 4.78 is 27.1. The van der Waals surface area contributed by atoms with Crippen molar-refractivity contribution < 1.29 is 13.2 Å². The normalized spacial score (nSPS) is 25.4. The Hall–Kier alpha value is -1.40. The molecule has 1 saturated carbocycles. The van der Waals surface area contributed by atoms with Gasteiger partial charge in [-0.2, -0.15) is 4.31 Å². The van der Waals surface area contributed by atoms with Gasteiger partial charge in [-0.15, -0.1) is 0 Å². The third-order valence-electron chi connectivity index (χ3n) is 5.15. The Bertz CT molecular complexity index is 671. The molecule has 1 heterocycles. The van der Waals surface area contributed by atoms with Crippen molar-refractivity contribution in [3.05, 3.63) is 30.3 Å². The first-order valence-electron chi connectivity index (χ1n) is 8.85. The molecule has 0 spiro atoms. The highest BCUT2D eigenvalue weighted by molar-refractivity contribution is 7.89. The summed E-state index contributed by atoms with van der Waals surface area (Å²) >= 11 is 0. The maximum atomic E-state index is 12.8. The number of nitrogens with zero attached hydrogens (tertiary/aromatic N) is 1. The maximum Gasteiger partial charge on any atom is 0.243 e. The average molecular weight is 350 g/mol. The predicted molar refractivity (Wildman–Crippen MR) is 92.9 cm³/mol. The molecule has 1 aromatic rings. The van der Waals surface area contributed by atoms with Crippen molar-refractivity contribution in [3.8, 4) is 0 Å². The lowest BCUT2D eigenvalue weighted by Gasteiger charge is -2.37. The number of sulfonamides is 1. The second kappa shape index (κ2) is 7.23. The Morgan fingerprint density at radius 1 is 1.17 bits per heavy atom. The van der Waals surface area contributed by atoms with Crippen LogP contribution in [0.1, 0.15) is 39.0 Å². The number of amides is 1. The van der Waals surface area contributed by atoms with Crippen LogP contribution in [0, 0.1) is 11.8 Å². The molecule has 132 valence electrons. The van der Waals surface area contributed by atoms with Gasteiger partial charge in [0.15, 0.2) is 0 Å². The first-order chi connectivity index (χ1) is 11.5. The first-order valence-corrected chi connectivity index (χ1v) is 10.3. The van der Waals surface area contributed by atoms with Gasteiger partial charge >= 0.3 is 0 Å². The summed E-state index contributed by atoms with van der Waals surface area (Å²) in [5, 5.41) is 3.04. The predicted octanol–water partition coefficient (Wildman–Crippen LogP) is 2.39. The van der Waals surface area contributed by atoms with Crippen molar-refractivity contribution in [2.24, 2.45) is 11.8 Å². The van der Waals surface area contributed by atoms with Gasteiger partial charge in [0.25, 0.3) is 0 Å². The lowest BCUT2D eigenvalue weighted by Crippen LogP contribution is -2.44. The molecule has 3 rings (SSSR count). The summed E-state index contributed by atoms with van der Waals surface area (Å²) in [6, 6.07) is 8.99. The van der Waals surface area contributed by atoms with Crippen LogP contribution in [0.2, 0.25) is 0 Å². The highest BCUT2D eigenvalue weighted by Gasteiger charge is 2.36. The fourth-order valence-corrected chi connectivity index (χ4v) is 5.02. The third-order valence-corrected chi connectivity index (χ3v) is 7.03. The highest BCUT2D eigenvalue weighted by atomic mass is 32.2. The molecule has 1 amide bonds. The van der Waals surface area contributed by atoms with Crippen LogP contribution in [0.4, 0.5) is 0 Å². The van der Waals surface area contributed by atoms with Crippen LogP contribution in [0.15, 0.2) is 35.2 Å². The zero-order valence-electron chi connectivity index (χ0n) is 14.1. The van der Waals surface area contributed by atoms with Gasteiger partial charge in [-0.25, -0.2) is 8.42 Å². The topological polar surface area (TPSA) is 66.5 Å². The van der Waals surface area contributed by atoms with E-state index in [9.17, 15) is 13.2 Å². The zero-order valence-corrected chi connectivity index (χ0v) is 15.0. The minimum absolute atomic E-state index is 0.125. The van der Waals surface area contributed by atoms with Crippen LogP contribution in [-0.2, 0) is 14.8 Å². The van der Waals surface area contributed by atoms with E-state index in [-0.39, 0.29) is 17.7 Å². The van der Waals surface area contributed by atoms with Crippen molar-refractivity contribution in [2.75, 3.05) is 13.1 Å². The maximum absolute atomic E-state index is 12.8. The van der Waals surface area contributed by atoms with Gasteiger partial charge in [-0.05, 0) is 43.2 Å². The summed E-state index contributed by atoms with van der Waals surface area (Å²) in [6.07, 6.45) is 4.35. The van der Waals surface area contributed by atoms with Crippen molar-refractivity contribution in [1.29, 1.82) is 0 Å². The Kier molecular flexibility index (Phi) is 5.25. The van der Waals surface area contributed by atoms with Crippen LogP contribution in [-0.4, -0.2) is 37.8 Å². The molecule has 0 bridgehead atoms. The summed E-state index contributed by atoms with van der Waals surface area (Å²) in [7, 11) is -3.43. The van der Waals surface area contributed by atoms with Gasteiger partial charge in [0, 0.05) is 25.6 Å². The standard InChI is InChI=1S/C18H26N2O3S/c1-2-14-13-20(24(22,23)17-6-4-3-5-7-17)11-10-15(14)12-18(21)19-16-8-9-16/h3-7,14-16H,2,8-13H2,1H3,(H,19,21)/t14-,15+/m1/s1. The molecule has 1 aromatic carbocycles. The number of nitrogens with one attached hydrogen (secondary N) is 1. The summed E-state index contributed by atoms with van der Waals surface area (Å²) in [5.41, 5.74) is 0. The molecule has 1 saturated heterocycles. The Balaban J connectivity index is 1.64. The van der Waals surface area contributed by atoms with Crippen LogP contribution >= 0.6 is 0 Å². The van der Waals surface area contributed by atoms with Crippen LogP contribution in [0.3, 0.4) is 0 Å². The van der Waals surface area contributed by atoms with E-state index >= 15 is 0 Å². The molecular formula is C18H26N2O3S. The number of piperidine rings is 1. The van der Waals surface area contributed by atoms with E-state index in [1.165, 1.54) is 0 Å². The molecule has 1 N–H and O–H groups in total. The lowest BCUT2D eigenvalue weighted by atomic mass is 9.82. The van der Waals surface area contributed by atoms with E-state index in [0.717, 1.165) is 25.7 Å². The molecule has 2 atom stereocenters. The molecule has 0 aromatic heterocycles. The van der Waals surface area contributed by atoms with Gasteiger partial charge < -0.3 is 5.32 Å². The van der Waals surface area contributed by atoms with Crippen LogP contribution < -0.4 is 5.32 Å². The highest BCUT2D eigenvalue weighted by Crippen LogP contribution is 2.32. The average Bonchev–Trinajstić information content (AvgIpc) is 3.39. The van der Waals surface area contributed by atoms with E-state index in [2.05, 4.69) is 12.2 Å². The summed E-state index contributed by atoms with van der Waals surface area (Å²) in [4.78, 5) is 12.4. The van der Waals surface area contributed by atoms with E-state index in [1.54, 1.807) is 28.6 Å². The van der Waals surface area contributed by atoms with Crippen molar-refractivity contribution >= 4 is 15.9 Å². The van der Waals surface area contributed by atoms with E-state index in [0.29, 0.717) is 30.4 Å². The fraction of sp³-hybridized carbons (Fsp3) is 0.611. The van der Waals surface area contributed by atoms with E-state index in [1.807, 2.05) is 6.07 Å². The molecular weight excluding hydrogens is 324 g/mol. The Labute approximate surface area is 144 Å². The van der Waals surface area contributed by atoms with Crippen molar-refractivity contribution in [1.82, 2.24) is 9.62 Å². The SMILES string of the molecule is CC[C@@H]1CN(S(=O)(=O)c2ccccc2)CC[C@H]1CC(=O)NC1CC1. The van der Waals surface area contributed by atoms with Gasteiger partial charge in [0.2, 0.25) is 15.9 Å². The molecule has 1 aliphatic heterocycles. The second-order valence-electron chi connectivity index (χ2n) is 6.94. The zero-order chi connectivity index (χ0) is 17.2. The van der Waals surface area contributed by atoms with Gasteiger partial charge in [-0.3, -0.25) is 4.79 Å². The Morgan fingerprint density at radius 2 is 1.88 bits per heavy atom. The Morgan fingerprint density at radius 3 is 2.50 bits per heavy atom. The molecule has 24 heavy (non-hydrogen) atoms. The quantitative estimate of drug-likeness (QED) is 0.857. The van der Waals surface area contributed by atoms with Crippen molar-refractivity contribution in [2.45, 2.75) is 50.0 Å². The third kappa shape index (κ3) is 3.98. The number of carbonyl (C=O) groups excluding carboxylic acids is 1. The monoisotopic (exact) mass is 350 g/mol. The fourth-order valence-electron chi connectivity index (χ4n) is 3.49. The van der Waals surface area contributed by atoms with Gasteiger partial charge in [0.05, 0.1) is 4.90 Å². The largest absolute Gasteiger partial charge is 0.353 e. The van der Waals surface area contributed by atoms with Crippen molar-refractivity contribution in [3.63, 3.8) is 0 Å².